The van der Waals surface area contributed by atoms with Gasteiger partial charge in [-0.25, -0.2) is 4.79 Å². The molecule has 0 spiro atoms. The highest BCUT2D eigenvalue weighted by Gasteiger charge is 2.23. The number of carbonyl (C=O) groups excluding carboxylic acids is 2. The maximum Gasteiger partial charge on any atom is 0.379 e. The molecule has 1 N–H and O–H groups in total. The Morgan fingerprint density at radius 1 is 1.25 bits per heavy atom. The van der Waals surface area contributed by atoms with Crippen LogP contribution in [0.4, 0.5) is 0 Å². The van der Waals surface area contributed by atoms with Gasteiger partial charge in [0.25, 0.3) is 5.78 Å². The molecule has 0 fully saturated rings. The predicted octanol–water partition coefficient (Wildman–Crippen LogP) is 1.75. The first-order valence-corrected chi connectivity index (χ1v) is 4.99. The lowest BCUT2D eigenvalue weighted by Crippen LogP contribution is -2.18. The zero-order valence-corrected chi connectivity index (χ0v) is 9.53. The van der Waals surface area contributed by atoms with E-state index in [0.717, 1.165) is 0 Å². The van der Waals surface area contributed by atoms with Gasteiger partial charge in [-0.15, -0.1) is 0 Å². The molecule has 0 radical (unpaired) electrons. The van der Waals surface area contributed by atoms with Gasteiger partial charge in [-0.2, -0.15) is 0 Å². The molecule has 0 saturated heterocycles. The lowest BCUT2D eigenvalue weighted by Gasteiger charge is -2.08. The van der Waals surface area contributed by atoms with Crippen LogP contribution in [-0.2, 0) is 9.53 Å². The predicted molar refractivity (Wildman–Crippen MR) is 58.5 cm³/mol. The smallest absolute Gasteiger partial charge is 0.379 e. The highest BCUT2D eigenvalue weighted by atomic mass is 16.5. The number of hydrogen-bond acceptors (Lipinski definition) is 4. The van der Waals surface area contributed by atoms with Crippen LogP contribution >= 0.6 is 0 Å². The molecule has 0 atom stereocenters. The molecule has 1 rings (SSSR count). The molecule has 0 saturated carbocycles. The molecule has 0 aliphatic heterocycles. The number of ether oxygens (including phenoxy) is 1. The Labute approximate surface area is 93.9 Å². The Kier molecular flexibility index (Phi) is 3.66. The molecule has 0 aromatic heterocycles. The minimum Gasteiger partial charge on any atom is -0.507 e. The van der Waals surface area contributed by atoms with Crippen LogP contribution in [0, 0.1) is 13.8 Å². The second-order valence-corrected chi connectivity index (χ2v) is 3.47. The SMILES string of the molecule is CCOC(=O)C(=O)c1c(C)ccc(C)c1O. The molecule has 0 unspecified atom stereocenters. The number of phenolic OH excluding ortho intramolecular Hbond substituents is 1. The number of ketones is 1. The Hall–Kier alpha value is -1.84. The number of esters is 1. The zero-order valence-electron chi connectivity index (χ0n) is 9.53. The largest absolute Gasteiger partial charge is 0.507 e. The van der Waals surface area contributed by atoms with Crippen molar-refractivity contribution in [3.05, 3.63) is 28.8 Å². The summed E-state index contributed by atoms with van der Waals surface area (Å²) in [6.45, 7) is 5.08. The molecule has 0 aliphatic carbocycles. The van der Waals surface area contributed by atoms with Crippen molar-refractivity contribution >= 4 is 11.8 Å². The van der Waals surface area contributed by atoms with Crippen molar-refractivity contribution in [2.45, 2.75) is 20.8 Å². The van der Waals surface area contributed by atoms with E-state index in [4.69, 9.17) is 0 Å². The fourth-order valence-electron chi connectivity index (χ4n) is 1.38. The average molecular weight is 222 g/mol. The molecule has 4 nitrogen and oxygen atoms in total. The van der Waals surface area contributed by atoms with Crippen LogP contribution in [0.1, 0.15) is 28.4 Å². The summed E-state index contributed by atoms with van der Waals surface area (Å²) >= 11 is 0. The number of aryl methyl sites for hydroxylation is 2. The summed E-state index contributed by atoms with van der Waals surface area (Å²) < 4.78 is 4.61. The van der Waals surface area contributed by atoms with Crippen molar-refractivity contribution in [1.82, 2.24) is 0 Å². The van der Waals surface area contributed by atoms with E-state index in [2.05, 4.69) is 4.74 Å². The van der Waals surface area contributed by atoms with E-state index >= 15 is 0 Å². The molecular weight excluding hydrogens is 208 g/mol. The van der Waals surface area contributed by atoms with Crippen molar-refractivity contribution in [3.8, 4) is 5.75 Å². The molecular formula is C12H14O4. The summed E-state index contributed by atoms with van der Waals surface area (Å²) in [7, 11) is 0. The average Bonchev–Trinajstić information content (AvgIpc) is 2.24. The number of phenols is 1. The first-order chi connectivity index (χ1) is 7.49. The number of carbonyl (C=O) groups is 2. The number of hydrogen-bond donors (Lipinski definition) is 1. The van der Waals surface area contributed by atoms with Crippen LogP contribution in [0.3, 0.4) is 0 Å². The standard InChI is InChI=1S/C12H14O4/c1-4-16-12(15)11(14)9-7(2)5-6-8(3)10(9)13/h5-6,13H,4H2,1-3H3. The fourth-order valence-corrected chi connectivity index (χ4v) is 1.38. The zero-order chi connectivity index (χ0) is 12.3. The normalized spacial score (nSPS) is 9.94. The first-order valence-electron chi connectivity index (χ1n) is 4.99. The molecule has 86 valence electrons. The summed E-state index contributed by atoms with van der Waals surface area (Å²) in [5.41, 5.74) is 1.14. The molecule has 0 aliphatic rings. The molecule has 1 aromatic rings. The summed E-state index contributed by atoms with van der Waals surface area (Å²) in [6, 6.07) is 3.37. The van der Waals surface area contributed by atoms with Gasteiger partial charge in [-0.1, -0.05) is 12.1 Å². The van der Waals surface area contributed by atoms with Crippen molar-refractivity contribution in [2.75, 3.05) is 6.61 Å². The monoisotopic (exact) mass is 222 g/mol. The third-order valence-electron chi connectivity index (χ3n) is 2.28. The maximum absolute atomic E-state index is 11.7. The van der Waals surface area contributed by atoms with Crippen LogP contribution in [0.5, 0.6) is 5.75 Å². The second-order valence-electron chi connectivity index (χ2n) is 3.47. The Morgan fingerprint density at radius 2 is 1.81 bits per heavy atom. The van der Waals surface area contributed by atoms with Gasteiger partial charge in [0.1, 0.15) is 5.75 Å². The van der Waals surface area contributed by atoms with Crippen molar-refractivity contribution in [2.24, 2.45) is 0 Å². The van der Waals surface area contributed by atoms with E-state index < -0.39 is 11.8 Å². The highest BCUT2D eigenvalue weighted by Crippen LogP contribution is 2.25. The maximum atomic E-state index is 11.7. The van der Waals surface area contributed by atoms with Gasteiger partial charge in [0.05, 0.1) is 12.2 Å². The number of aromatic hydroxyl groups is 1. The van der Waals surface area contributed by atoms with Gasteiger partial charge < -0.3 is 9.84 Å². The van der Waals surface area contributed by atoms with E-state index in [1.165, 1.54) is 0 Å². The van der Waals surface area contributed by atoms with E-state index in [1.807, 2.05) is 0 Å². The van der Waals surface area contributed by atoms with Crippen LogP contribution in [0.25, 0.3) is 0 Å². The van der Waals surface area contributed by atoms with Crippen LogP contribution in [0.15, 0.2) is 12.1 Å². The van der Waals surface area contributed by atoms with Crippen molar-refractivity contribution in [3.63, 3.8) is 0 Å². The van der Waals surface area contributed by atoms with Gasteiger partial charge in [0, 0.05) is 0 Å². The lowest BCUT2D eigenvalue weighted by atomic mass is 10.0. The molecule has 0 amide bonds. The van der Waals surface area contributed by atoms with E-state index in [0.29, 0.717) is 11.1 Å². The molecule has 16 heavy (non-hydrogen) atoms. The minimum atomic E-state index is -0.938. The molecule has 0 heterocycles. The number of rotatable bonds is 3. The summed E-state index contributed by atoms with van der Waals surface area (Å²) in [5, 5.41) is 9.74. The fraction of sp³-hybridized carbons (Fsp3) is 0.333. The Balaban J connectivity index is 3.18. The number of Topliss-reactive ketones (excluding diaryl/α,β-unsaturated/α-hetero) is 1. The van der Waals surface area contributed by atoms with Gasteiger partial charge in [-0.05, 0) is 31.9 Å². The van der Waals surface area contributed by atoms with E-state index in [1.54, 1.807) is 32.9 Å². The Morgan fingerprint density at radius 3 is 2.38 bits per heavy atom. The van der Waals surface area contributed by atoms with Crippen molar-refractivity contribution < 1.29 is 19.4 Å². The third-order valence-corrected chi connectivity index (χ3v) is 2.28. The molecule has 0 bridgehead atoms. The third kappa shape index (κ3) is 2.21. The minimum absolute atomic E-state index is 0.0263. The lowest BCUT2D eigenvalue weighted by molar-refractivity contribution is -0.137. The first kappa shape index (κ1) is 12.2. The van der Waals surface area contributed by atoms with Gasteiger partial charge in [-0.3, -0.25) is 4.79 Å². The summed E-state index contributed by atoms with van der Waals surface area (Å²) in [4.78, 5) is 23.0. The Bertz CT molecular complexity index is 435. The van der Waals surface area contributed by atoms with Crippen molar-refractivity contribution in [1.29, 1.82) is 0 Å². The van der Waals surface area contributed by atoms with Crippen LogP contribution in [0.2, 0.25) is 0 Å². The summed E-state index contributed by atoms with van der Waals surface area (Å²) in [5.74, 6) is -1.90. The molecule has 4 heteroatoms. The van der Waals surface area contributed by atoms with Crippen LogP contribution < -0.4 is 0 Å². The van der Waals surface area contributed by atoms with E-state index in [-0.39, 0.29) is 17.9 Å². The van der Waals surface area contributed by atoms with Gasteiger partial charge in [0.15, 0.2) is 0 Å². The topological polar surface area (TPSA) is 63.6 Å². The quantitative estimate of drug-likeness (QED) is 0.481. The van der Waals surface area contributed by atoms with Crippen LogP contribution in [-0.4, -0.2) is 23.5 Å². The van der Waals surface area contributed by atoms with E-state index in [9.17, 15) is 14.7 Å². The second kappa shape index (κ2) is 4.79. The van der Waals surface area contributed by atoms with Gasteiger partial charge >= 0.3 is 5.97 Å². The molecule has 1 aromatic carbocycles. The number of benzene rings is 1. The summed E-state index contributed by atoms with van der Waals surface area (Å²) in [6.07, 6.45) is 0. The van der Waals surface area contributed by atoms with Gasteiger partial charge in [0.2, 0.25) is 0 Å². The highest BCUT2D eigenvalue weighted by molar-refractivity contribution is 6.41.